The lowest BCUT2D eigenvalue weighted by molar-refractivity contribution is 1.02. The molecule has 0 radical (unpaired) electrons. The molecule has 7 rings (SSSR count). The van der Waals surface area contributed by atoms with E-state index in [-0.39, 0.29) is 0 Å². The van der Waals surface area contributed by atoms with Crippen LogP contribution in [0.2, 0.25) is 0 Å². The Bertz CT molecular complexity index is 1800. The lowest BCUT2D eigenvalue weighted by Gasteiger charge is -2.04. The van der Waals surface area contributed by atoms with E-state index in [0.717, 1.165) is 0 Å². The normalized spacial score (nSPS) is 12.0. The molecule has 0 atom stereocenters. The highest BCUT2D eigenvalue weighted by molar-refractivity contribution is 7.25. The van der Waals surface area contributed by atoms with Gasteiger partial charge in [0.2, 0.25) is 0 Å². The number of hydrogen-bond acceptors (Lipinski definition) is 1. The van der Waals surface area contributed by atoms with Crippen LogP contribution < -0.4 is 0 Å². The molecule has 5 aromatic carbocycles. The third-order valence-electron chi connectivity index (χ3n) is 6.59. The van der Waals surface area contributed by atoms with Crippen LogP contribution in [-0.2, 0) is 7.05 Å². The maximum atomic E-state index is 2.35. The molecule has 0 aliphatic heterocycles. The number of aryl methyl sites for hydroxylation is 1. The van der Waals surface area contributed by atoms with Gasteiger partial charge in [-0.15, -0.1) is 11.3 Å². The van der Waals surface area contributed by atoms with Crippen molar-refractivity contribution in [3.63, 3.8) is 0 Å². The van der Waals surface area contributed by atoms with Crippen LogP contribution >= 0.6 is 11.3 Å². The van der Waals surface area contributed by atoms with Crippen molar-refractivity contribution in [1.29, 1.82) is 0 Å². The smallest absolute Gasteiger partial charge is 0.0495 e. The molecule has 146 valence electrons. The highest BCUT2D eigenvalue weighted by Crippen LogP contribution is 2.38. The molecule has 2 aromatic heterocycles. The molecule has 2 heterocycles. The number of fused-ring (bicyclic) bond motifs is 7. The molecule has 2 heteroatoms. The summed E-state index contributed by atoms with van der Waals surface area (Å²) in [5.74, 6) is 0. The van der Waals surface area contributed by atoms with Crippen LogP contribution in [0.5, 0.6) is 0 Å². The summed E-state index contributed by atoms with van der Waals surface area (Å²) >= 11 is 1.88. The van der Waals surface area contributed by atoms with E-state index < -0.39 is 0 Å². The molecule has 0 aliphatic carbocycles. The minimum atomic E-state index is 1.27. The molecule has 31 heavy (non-hydrogen) atoms. The highest BCUT2D eigenvalue weighted by atomic mass is 32.1. The molecule has 7 aromatic rings. The molecular weight excluding hydrogens is 394 g/mol. The minimum Gasteiger partial charge on any atom is -0.344 e. The molecular formula is C29H19NS. The molecule has 0 aliphatic rings. The molecule has 0 N–H and O–H groups in total. The minimum absolute atomic E-state index is 1.27. The van der Waals surface area contributed by atoms with Crippen LogP contribution in [0.4, 0.5) is 0 Å². The molecule has 0 spiro atoms. The monoisotopic (exact) mass is 413 g/mol. The van der Waals surface area contributed by atoms with Gasteiger partial charge in [-0.25, -0.2) is 0 Å². The van der Waals surface area contributed by atoms with Gasteiger partial charge >= 0.3 is 0 Å². The van der Waals surface area contributed by atoms with Crippen molar-refractivity contribution in [3.05, 3.63) is 97.1 Å². The van der Waals surface area contributed by atoms with Gasteiger partial charge in [-0.3, -0.25) is 0 Å². The van der Waals surface area contributed by atoms with E-state index in [9.17, 15) is 0 Å². The van der Waals surface area contributed by atoms with Crippen LogP contribution in [0.1, 0.15) is 0 Å². The first kappa shape index (κ1) is 17.1. The first-order chi connectivity index (χ1) is 15.3. The Morgan fingerprint density at radius 1 is 0.516 bits per heavy atom. The zero-order valence-corrected chi connectivity index (χ0v) is 17.9. The Hall–Kier alpha value is -3.62. The summed E-state index contributed by atoms with van der Waals surface area (Å²) in [6.45, 7) is 0. The van der Waals surface area contributed by atoms with E-state index in [2.05, 4.69) is 109 Å². The summed E-state index contributed by atoms with van der Waals surface area (Å²) in [5, 5.41) is 7.92. The topological polar surface area (TPSA) is 4.93 Å². The van der Waals surface area contributed by atoms with Gasteiger partial charge in [-0.1, -0.05) is 66.7 Å². The number of benzene rings is 5. The average Bonchev–Trinajstić information content (AvgIpc) is 3.32. The Balaban J connectivity index is 1.46. The van der Waals surface area contributed by atoms with Gasteiger partial charge in [0.05, 0.1) is 0 Å². The fraction of sp³-hybridized carbons (Fsp3) is 0.0345. The predicted molar refractivity (Wildman–Crippen MR) is 136 cm³/mol. The van der Waals surface area contributed by atoms with Crippen molar-refractivity contribution in [2.45, 2.75) is 0 Å². The van der Waals surface area contributed by atoms with Crippen molar-refractivity contribution in [3.8, 4) is 11.1 Å². The second-order valence-electron chi connectivity index (χ2n) is 8.32. The van der Waals surface area contributed by atoms with Crippen LogP contribution in [-0.4, -0.2) is 4.57 Å². The van der Waals surface area contributed by atoms with Gasteiger partial charge in [0.1, 0.15) is 0 Å². The van der Waals surface area contributed by atoms with Gasteiger partial charge < -0.3 is 4.57 Å². The molecule has 0 saturated heterocycles. The number of nitrogens with zero attached hydrogens (tertiary/aromatic N) is 1. The Morgan fingerprint density at radius 2 is 1.16 bits per heavy atom. The van der Waals surface area contributed by atoms with Crippen LogP contribution in [0, 0.1) is 0 Å². The Labute approximate surface area is 183 Å². The third kappa shape index (κ3) is 2.43. The second kappa shape index (κ2) is 6.19. The van der Waals surface area contributed by atoms with Crippen molar-refractivity contribution in [2.24, 2.45) is 7.05 Å². The van der Waals surface area contributed by atoms with Gasteiger partial charge in [0.25, 0.3) is 0 Å². The molecule has 0 unspecified atom stereocenters. The van der Waals surface area contributed by atoms with E-state index in [4.69, 9.17) is 0 Å². The van der Waals surface area contributed by atoms with Gasteiger partial charge in [-0.2, -0.15) is 0 Å². The first-order valence-corrected chi connectivity index (χ1v) is 11.4. The van der Waals surface area contributed by atoms with E-state index in [1.807, 2.05) is 11.3 Å². The van der Waals surface area contributed by atoms with Crippen molar-refractivity contribution in [1.82, 2.24) is 4.57 Å². The number of hydrogen-bond donors (Lipinski definition) is 0. The van der Waals surface area contributed by atoms with Crippen molar-refractivity contribution < 1.29 is 0 Å². The quantitative estimate of drug-likeness (QED) is 0.254. The molecule has 0 fully saturated rings. The highest BCUT2D eigenvalue weighted by Gasteiger charge is 2.12. The first-order valence-electron chi connectivity index (χ1n) is 10.6. The zero-order valence-electron chi connectivity index (χ0n) is 17.1. The average molecular weight is 414 g/mol. The number of rotatable bonds is 1. The lowest BCUT2D eigenvalue weighted by atomic mass is 10.0. The van der Waals surface area contributed by atoms with Crippen molar-refractivity contribution >= 4 is 64.1 Å². The molecule has 0 amide bonds. The Morgan fingerprint density at radius 3 is 2.03 bits per heavy atom. The standard InChI is InChI=1S/C29H19NS/c1-30-26-16-20(21-11-13-24-23-8-4-5-9-28(23)31-29(24)17-21)10-12-22(26)25-14-18-6-2-3-7-19(18)15-27(25)30/h2-17H,1H3. The molecule has 0 bridgehead atoms. The lowest BCUT2D eigenvalue weighted by Crippen LogP contribution is -1.87. The SMILES string of the molecule is Cn1c2cc(-c3ccc4c(c3)sc3ccccc34)ccc2c2cc3ccccc3cc21. The van der Waals surface area contributed by atoms with Crippen LogP contribution in [0.3, 0.4) is 0 Å². The summed E-state index contributed by atoms with van der Waals surface area (Å²) in [4.78, 5) is 0. The zero-order chi connectivity index (χ0) is 20.5. The van der Waals surface area contributed by atoms with E-state index >= 15 is 0 Å². The maximum Gasteiger partial charge on any atom is 0.0495 e. The number of aromatic nitrogens is 1. The second-order valence-corrected chi connectivity index (χ2v) is 9.40. The largest absolute Gasteiger partial charge is 0.344 e. The van der Waals surface area contributed by atoms with E-state index in [0.29, 0.717) is 0 Å². The van der Waals surface area contributed by atoms with Gasteiger partial charge in [0.15, 0.2) is 0 Å². The predicted octanol–water partition coefficient (Wildman–Crippen LogP) is 8.52. The summed E-state index contributed by atoms with van der Waals surface area (Å²) in [6.07, 6.45) is 0. The summed E-state index contributed by atoms with van der Waals surface area (Å²) in [7, 11) is 2.18. The molecule has 1 nitrogen and oxygen atoms in total. The summed E-state index contributed by atoms with van der Waals surface area (Å²) in [6, 6.07) is 35.7. The van der Waals surface area contributed by atoms with Gasteiger partial charge in [0, 0.05) is 49.0 Å². The molecule has 0 saturated carbocycles. The van der Waals surface area contributed by atoms with E-state index in [1.165, 1.54) is 63.9 Å². The van der Waals surface area contributed by atoms with Crippen LogP contribution in [0.15, 0.2) is 97.1 Å². The van der Waals surface area contributed by atoms with E-state index in [1.54, 1.807) is 0 Å². The Kier molecular flexibility index (Phi) is 3.42. The summed E-state index contributed by atoms with van der Waals surface area (Å²) < 4.78 is 5.03. The third-order valence-corrected chi connectivity index (χ3v) is 7.72. The fourth-order valence-electron chi connectivity index (χ4n) is 4.97. The summed E-state index contributed by atoms with van der Waals surface area (Å²) in [5.41, 5.74) is 5.10. The van der Waals surface area contributed by atoms with Gasteiger partial charge in [-0.05, 0) is 52.2 Å². The maximum absolute atomic E-state index is 2.35. The van der Waals surface area contributed by atoms with Crippen molar-refractivity contribution in [2.75, 3.05) is 0 Å². The fourth-order valence-corrected chi connectivity index (χ4v) is 6.12. The number of thiophene rings is 1. The van der Waals surface area contributed by atoms with Crippen LogP contribution in [0.25, 0.3) is 63.9 Å².